The van der Waals surface area contributed by atoms with Crippen molar-refractivity contribution in [1.82, 2.24) is 4.57 Å². The smallest absolute Gasteiger partial charge is 0.338 e. The summed E-state index contributed by atoms with van der Waals surface area (Å²) >= 11 is 3.51. The van der Waals surface area contributed by atoms with Gasteiger partial charge < -0.3 is 23.7 Å². The molecule has 0 amide bonds. The first-order valence-electron chi connectivity index (χ1n) is 14.7. The lowest BCUT2D eigenvalue weighted by atomic mass is 9.95. The van der Waals surface area contributed by atoms with Crippen LogP contribution in [0.1, 0.15) is 50.4 Å². The maximum Gasteiger partial charge on any atom is 0.338 e. The largest absolute Gasteiger partial charge is 0.493 e. The van der Waals surface area contributed by atoms with E-state index in [0.717, 1.165) is 14.7 Å². The molecule has 0 unspecified atom stereocenters. The summed E-state index contributed by atoms with van der Waals surface area (Å²) in [6.45, 7) is 7.93. The lowest BCUT2D eigenvalue weighted by molar-refractivity contribution is -0.139. The third-order valence-electron chi connectivity index (χ3n) is 7.18. The number of carbonyl (C=O) groups is 1. The number of esters is 1. The molecule has 240 valence electrons. The lowest BCUT2D eigenvalue weighted by Gasteiger charge is -2.25. The average Bonchev–Trinajstić information content (AvgIpc) is 3.34. The Hall–Kier alpha value is -4.10. The fraction of sp³-hybridized carbons (Fsp3) is 0.286. The van der Waals surface area contributed by atoms with E-state index in [-0.39, 0.29) is 23.8 Å². The van der Waals surface area contributed by atoms with Crippen LogP contribution >= 0.6 is 33.9 Å². The molecule has 0 fully saturated rings. The molecule has 0 spiro atoms. The van der Waals surface area contributed by atoms with Gasteiger partial charge in [0, 0.05) is 3.57 Å². The van der Waals surface area contributed by atoms with E-state index < -0.39 is 12.0 Å². The Morgan fingerprint density at radius 3 is 2.37 bits per heavy atom. The quantitative estimate of drug-likeness (QED) is 0.141. The molecule has 46 heavy (non-hydrogen) atoms. The van der Waals surface area contributed by atoms with E-state index in [9.17, 15) is 9.59 Å². The van der Waals surface area contributed by atoms with E-state index in [1.165, 1.54) is 11.3 Å². The van der Waals surface area contributed by atoms with E-state index in [1.54, 1.807) is 50.8 Å². The van der Waals surface area contributed by atoms with Gasteiger partial charge in [-0.05, 0) is 109 Å². The van der Waals surface area contributed by atoms with Crippen LogP contribution in [0.15, 0.2) is 81.7 Å². The number of thiazole rings is 1. The Morgan fingerprint density at radius 1 is 1.00 bits per heavy atom. The lowest BCUT2D eigenvalue weighted by Crippen LogP contribution is -2.40. The molecule has 1 atom stereocenters. The average molecular weight is 755 g/mol. The predicted molar refractivity (Wildman–Crippen MR) is 186 cm³/mol. The summed E-state index contributed by atoms with van der Waals surface area (Å²) in [5.74, 6) is 1.65. The molecule has 4 aromatic rings. The van der Waals surface area contributed by atoms with E-state index >= 15 is 0 Å². The molecule has 1 aromatic heterocycles. The van der Waals surface area contributed by atoms with Crippen molar-refractivity contribution in [3.63, 3.8) is 0 Å². The number of nitrogens with zero attached hydrogens (tertiary/aromatic N) is 2. The van der Waals surface area contributed by atoms with Gasteiger partial charge in [-0.15, -0.1) is 0 Å². The SMILES string of the molecule is CCOC(=O)C1=C(C)N=c2s/c(=C\c3ccc(OCc4ccc(I)cc4)c(OC)c3)c(=O)n2[C@@H]1c1ccc(OC(C)C)c(OC)c1. The van der Waals surface area contributed by atoms with Crippen molar-refractivity contribution in [3.05, 3.63) is 112 Å². The number of allylic oxidation sites excluding steroid dienone is 1. The minimum atomic E-state index is -0.786. The van der Waals surface area contributed by atoms with Gasteiger partial charge in [-0.3, -0.25) is 9.36 Å². The topological polar surface area (TPSA) is 97.6 Å². The summed E-state index contributed by atoms with van der Waals surface area (Å²) in [5, 5.41) is 0. The molecule has 0 saturated carbocycles. The molecule has 0 N–H and O–H groups in total. The minimum absolute atomic E-state index is 0.0677. The van der Waals surface area contributed by atoms with Crippen LogP contribution in [0, 0.1) is 3.57 Å². The molecule has 0 radical (unpaired) electrons. The second kappa shape index (κ2) is 14.5. The number of benzene rings is 3. The van der Waals surface area contributed by atoms with Crippen molar-refractivity contribution in [2.24, 2.45) is 4.99 Å². The van der Waals surface area contributed by atoms with Gasteiger partial charge in [0.2, 0.25) is 0 Å². The molecule has 0 bridgehead atoms. The summed E-state index contributed by atoms with van der Waals surface area (Å²) in [7, 11) is 3.13. The van der Waals surface area contributed by atoms with Crippen molar-refractivity contribution in [1.29, 1.82) is 0 Å². The zero-order chi connectivity index (χ0) is 33.0. The normalized spacial score (nSPS) is 14.5. The Kier molecular flexibility index (Phi) is 10.5. The van der Waals surface area contributed by atoms with Crippen LogP contribution in [-0.2, 0) is 16.1 Å². The summed E-state index contributed by atoms with van der Waals surface area (Å²) in [4.78, 5) is 32.5. The molecule has 2 heterocycles. The van der Waals surface area contributed by atoms with Crippen molar-refractivity contribution in [2.75, 3.05) is 20.8 Å². The summed E-state index contributed by atoms with van der Waals surface area (Å²) < 4.78 is 31.8. The highest BCUT2D eigenvalue weighted by Gasteiger charge is 2.34. The molecule has 5 rings (SSSR count). The maximum atomic E-state index is 14.1. The van der Waals surface area contributed by atoms with Crippen molar-refractivity contribution < 1.29 is 28.5 Å². The third-order valence-corrected chi connectivity index (χ3v) is 8.88. The molecule has 1 aliphatic heterocycles. The highest BCUT2D eigenvalue weighted by Crippen LogP contribution is 2.36. The minimum Gasteiger partial charge on any atom is -0.493 e. The number of hydrogen-bond donors (Lipinski definition) is 0. The molecule has 1 aliphatic rings. The van der Waals surface area contributed by atoms with Crippen LogP contribution in [0.4, 0.5) is 0 Å². The first kappa shape index (κ1) is 33.3. The number of methoxy groups -OCH3 is 2. The first-order chi connectivity index (χ1) is 22.1. The standard InChI is InChI=1S/C35H35IN2O7S/c1-7-43-34(40)31-21(4)37-35-38(32(31)24-11-15-27(45-20(2)3)29(18-24)42-6)33(39)30(46-35)17-23-10-14-26(28(16-23)41-5)44-19-22-8-12-25(36)13-9-22/h8-18,20,32H,7,19H2,1-6H3/b30-17-/t32-/m1/s1. The summed E-state index contributed by atoms with van der Waals surface area (Å²) in [5.41, 5.74) is 2.93. The Balaban J connectivity index is 1.56. The highest BCUT2D eigenvalue weighted by molar-refractivity contribution is 14.1. The Morgan fingerprint density at radius 2 is 1.70 bits per heavy atom. The number of rotatable bonds is 11. The van der Waals surface area contributed by atoms with Crippen LogP contribution in [-0.4, -0.2) is 37.5 Å². The second-order valence-electron chi connectivity index (χ2n) is 10.7. The van der Waals surface area contributed by atoms with Gasteiger partial charge >= 0.3 is 5.97 Å². The first-order valence-corrected chi connectivity index (χ1v) is 16.6. The van der Waals surface area contributed by atoms with Gasteiger partial charge in [0.05, 0.1) is 48.8 Å². The van der Waals surface area contributed by atoms with Crippen LogP contribution in [0.25, 0.3) is 6.08 Å². The molecule has 11 heteroatoms. The van der Waals surface area contributed by atoms with E-state index in [4.69, 9.17) is 23.7 Å². The molecule has 3 aromatic carbocycles. The van der Waals surface area contributed by atoms with Gasteiger partial charge in [-0.2, -0.15) is 0 Å². The van der Waals surface area contributed by atoms with Crippen LogP contribution in [0.3, 0.4) is 0 Å². The number of fused-ring (bicyclic) bond motifs is 1. The highest BCUT2D eigenvalue weighted by atomic mass is 127. The summed E-state index contributed by atoms with van der Waals surface area (Å²) in [6.07, 6.45) is 1.72. The number of halogens is 1. The predicted octanol–water partition coefficient (Wildman–Crippen LogP) is 5.79. The van der Waals surface area contributed by atoms with Crippen molar-refractivity contribution >= 4 is 46.0 Å². The maximum absolute atomic E-state index is 14.1. The van der Waals surface area contributed by atoms with Gasteiger partial charge in [0.25, 0.3) is 5.56 Å². The third kappa shape index (κ3) is 7.15. The fourth-order valence-corrected chi connectivity index (χ4v) is 6.50. The number of carbonyl (C=O) groups excluding carboxylic acids is 1. The monoisotopic (exact) mass is 754 g/mol. The van der Waals surface area contributed by atoms with E-state index in [2.05, 4.69) is 27.6 Å². The molecule has 0 saturated heterocycles. The van der Waals surface area contributed by atoms with Gasteiger partial charge in [-0.25, -0.2) is 9.79 Å². The number of ether oxygens (including phenoxy) is 5. The zero-order valence-electron chi connectivity index (χ0n) is 26.5. The number of aromatic nitrogens is 1. The summed E-state index contributed by atoms with van der Waals surface area (Å²) in [6, 6.07) is 18.3. The molecule has 0 aliphatic carbocycles. The van der Waals surface area contributed by atoms with E-state index in [0.29, 0.717) is 50.2 Å². The van der Waals surface area contributed by atoms with Crippen LogP contribution < -0.4 is 33.8 Å². The fourth-order valence-electron chi connectivity index (χ4n) is 5.10. The van der Waals surface area contributed by atoms with Crippen LogP contribution in [0.2, 0.25) is 0 Å². The zero-order valence-corrected chi connectivity index (χ0v) is 29.4. The molecule has 9 nitrogen and oxygen atoms in total. The number of hydrogen-bond acceptors (Lipinski definition) is 9. The van der Waals surface area contributed by atoms with Crippen LogP contribution in [0.5, 0.6) is 23.0 Å². The van der Waals surface area contributed by atoms with Gasteiger partial charge in [0.15, 0.2) is 27.8 Å². The van der Waals surface area contributed by atoms with Gasteiger partial charge in [-0.1, -0.05) is 35.6 Å². The van der Waals surface area contributed by atoms with Crippen molar-refractivity contribution in [2.45, 2.75) is 46.4 Å². The molecular weight excluding hydrogens is 719 g/mol. The molecular formula is C35H35IN2O7S. The second-order valence-corrected chi connectivity index (χ2v) is 13.0. The van der Waals surface area contributed by atoms with Crippen molar-refractivity contribution in [3.8, 4) is 23.0 Å². The Bertz CT molecular complexity index is 1960. The van der Waals surface area contributed by atoms with Gasteiger partial charge in [0.1, 0.15) is 6.61 Å². The Labute approximate surface area is 284 Å². The van der Waals surface area contributed by atoms with E-state index in [1.807, 2.05) is 62.4 Å².